The first-order valence-corrected chi connectivity index (χ1v) is 6.35. The van der Waals surface area contributed by atoms with E-state index < -0.39 is 0 Å². The van der Waals surface area contributed by atoms with E-state index in [1.807, 2.05) is 25.1 Å². The van der Waals surface area contributed by atoms with E-state index in [9.17, 15) is 4.79 Å². The molecule has 0 atom stereocenters. The molecule has 2 nitrogen and oxygen atoms in total. The number of hydrogen-bond donors (Lipinski definition) is 0. The van der Waals surface area contributed by atoms with Crippen molar-refractivity contribution in [1.29, 1.82) is 0 Å². The van der Waals surface area contributed by atoms with Gasteiger partial charge >= 0.3 is 5.97 Å². The van der Waals surface area contributed by atoms with Crippen molar-refractivity contribution in [1.82, 2.24) is 0 Å². The summed E-state index contributed by atoms with van der Waals surface area (Å²) in [6.07, 6.45) is 0. The lowest BCUT2D eigenvalue weighted by Gasteiger charge is -2.09. The molecule has 0 aliphatic heterocycles. The lowest BCUT2D eigenvalue weighted by atomic mass is 9.97. The lowest BCUT2D eigenvalue weighted by Crippen LogP contribution is -2.01. The van der Waals surface area contributed by atoms with E-state index in [-0.39, 0.29) is 5.97 Å². The summed E-state index contributed by atoms with van der Waals surface area (Å²) >= 11 is 6.08. The van der Waals surface area contributed by atoms with Crippen LogP contribution in [0.15, 0.2) is 36.4 Å². The Bertz CT molecular complexity index is 633. The fraction of sp³-hybridized carbons (Fsp3) is 0.188. The Labute approximate surface area is 118 Å². The third-order valence-corrected chi connectivity index (χ3v) is 3.23. The Morgan fingerprint density at radius 1 is 1.11 bits per heavy atom. The number of aryl methyl sites for hydroxylation is 2. The fourth-order valence-electron chi connectivity index (χ4n) is 2.12. The molecule has 0 saturated heterocycles. The van der Waals surface area contributed by atoms with E-state index in [2.05, 4.69) is 13.0 Å². The van der Waals surface area contributed by atoms with Gasteiger partial charge in [0, 0.05) is 5.02 Å². The van der Waals surface area contributed by atoms with Crippen LogP contribution in [-0.2, 0) is 4.74 Å². The predicted octanol–water partition coefficient (Wildman–Crippen LogP) is 4.41. The van der Waals surface area contributed by atoms with Crippen LogP contribution in [0.25, 0.3) is 11.1 Å². The summed E-state index contributed by atoms with van der Waals surface area (Å²) in [6.45, 7) is 4.09. The minimum atomic E-state index is -0.381. The van der Waals surface area contributed by atoms with Crippen molar-refractivity contribution in [2.75, 3.05) is 7.11 Å². The van der Waals surface area contributed by atoms with Crippen LogP contribution < -0.4 is 0 Å². The minimum absolute atomic E-state index is 0.381. The Hall–Kier alpha value is -1.80. The number of carbonyl (C=O) groups excluding carboxylic acids is 1. The van der Waals surface area contributed by atoms with E-state index in [0.717, 1.165) is 16.7 Å². The normalized spacial score (nSPS) is 10.3. The minimum Gasteiger partial charge on any atom is -0.465 e. The van der Waals surface area contributed by atoms with Gasteiger partial charge in [-0.1, -0.05) is 35.4 Å². The van der Waals surface area contributed by atoms with E-state index >= 15 is 0 Å². The first-order chi connectivity index (χ1) is 9.01. The number of methoxy groups -OCH3 is 1. The molecule has 0 aliphatic carbocycles. The highest BCUT2D eigenvalue weighted by Crippen LogP contribution is 2.28. The van der Waals surface area contributed by atoms with Gasteiger partial charge in [0.05, 0.1) is 12.7 Å². The predicted molar refractivity (Wildman–Crippen MR) is 77.7 cm³/mol. The summed E-state index contributed by atoms with van der Waals surface area (Å²) in [5.41, 5.74) is 4.81. The third-order valence-electron chi connectivity index (χ3n) is 3.01. The quantitative estimate of drug-likeness (QED) is 0.758. The number of ether oxygens (including phenoxy) is 1. The number of halogens is 1. The van der Waals surface area contributed by atoms with Gasteiger partial charge in [-0.15, -0.1) is 0 Å². The molecule has 0 heterocycles. The second-order valence-electron chi connectivity index (χ2n) is 4.54. The molecule has 0 fully saturated rings. The molecule has 2 aromatic rings. The highest BCUT2D eigenvalue weighted by molar-refractivity contribution is 6.31. The molecule has 2 rings (SSSR count). The van der Waals surface area contributed by atoms with E-state index in [4.69, 9.17) is 16.3 Å². The maximum absolute atomic E-state index is 11.6. The SMILES string of the molecule is COC(=O)c1cc(Cl)cc(-c2ccc(C)cc2C)c1. The van der Waals surface area contributed by atoms with Gasteiger partial charge in [0.1, 0.15) is 0 Å². The van der Waals surface area contributed by atoms with E-state index in [0.29, 0.717) is 10.6 Å². The van der Waals surface area contributed by atoms with Crippen molar-refractivity contribution in [2.24, 2.45) is 0 Å². The van der Waals surface area contributed by atoms with Gasteiger partial charge in [0.2, 0.25) is 0 Å². The first kappa shape index (κ1) is 13.6. The molecule has 0 bridgehead atoms. The molecule has 0 N–H and O–H groups in total. The summed E-state index contributed by atoms with van der Waals surface area (Å²) in [7, 11) is 1.36. The Morgan fingerprint density at radius 3 is 2.47 bits per heavy atom. The summed E-state index contributed by atoms with van der Waals surface area (Å²) in [5.74, 6) is -0.381. The maximum atomic E-state index is 11.6. The Kier molecular flexibility index (Phi) is 3.91. The van der Waals surface area contributed by atoms with Crippen molar-refractivity contribution >= 4 is 17.6 Å². The molecule has 19 heavy (non-hydrogen) atoms. The first-order valence-electron chi connectivity index (χ1n) is 5.98. The molecule has 0 radical (unpaired) electrons. The van der Waals surface area contributed by atoms with E-state index in [1.165, 1.54) is 12.7 Å². The van der Waals surface area contributed by atoms with Gasteiger partial charge in [-0.3, -0.25) is 0 Å². The molecular formula is C16H15ClO2. The number of rotatable bonds is 2. The van der Waals surface area contributed by atoms with Crippen LogP contribution in [0.3, 0.4) is 0 Å². The second-order valence-corrected chi connectivity index (χ2v) is 4.97. The average Bonchev–Trinajstić information content (AvgIpc) is 2.37. The highest BCUT2D eigenvalue weighted by atomic mass is 35.5. The maximum Gasteiger partial charge on any atom is 0.337 e. The summed E-state index contributed by atoms with van der Waals surface area (Å²) in [6, 6.07) is 11.5. The fourth-order valence-corrected chi connectivity index (χ4v) is 2.35. The van der Waals surface area contributed by atoms with Gasteiger partial charge in [0.15, 0.2) is 0 Å². The van der Waals surface area contributed by atoms with Crippen LogP contribution in [0.2, 0.25) is 5.02 Å². The zero-order chi connectivity index (χ0) is 14.0. The molecule has 2 aromatic carbocycles. The standard InChI is InChI=1S/C16H15ClO2/c1-10-4-5-15(11(2)6-10)12-7-13(16(18)19-3)9-14(17)8-12/h4-9H,1-3H3. The zero-order valence-electron chi connectivity index (χ0n) is 11.2. The smallest absolute Gasteiger partial charge is 0.337 e. The number of carbonyl (C=O) groups is 1. The van der Waals surface area contributed by atoms with Crippen LogP contribution in [-0.4, -0.2) is 13.1 Å². The van der Waals surface area contributed by atoms with Gasteiger partial charge < -0.3 is 4.74 Å². The summed E-state index contributed by atoms with van der Waals surface area (Å²) in [5, 5.41) is 0.526. The molecule has 0 unspecified atom stereocenters. The largest absolute Gasteiger partial charge is 0.465 e. The van der Waals surface area contributed by atoms with E-state index in [1.54, 1.807) is 12.1 Å². The second kappa shape index (κ2) is 5.45. The number of hydrogen-bond acceptors (Lipinski definition) is 2. The van der Waals surface area contributed by atoms with Crippen molar-refractivity contribution < 1.29 is 9.53 Å². The van der Waals surface area contributed by atoms with Gasteiger partial charge in [-0.2, -0.15) is 0 Å². The number of benzene rings is 2. The molecule has 3 heteroatoms. The van der Waals surface area contributed by atoms with Gasteiger partial charge in [-0.25, -0.2) is 4.79 Å². The van der Waals surface area contributed by atoms with Crippen molar-refractivity contribution in [2.45, 2.75) is 13.8 Å². The van der Waals surface area contributed by atoms with Crippen molar-refractivity contribution in [3.05, 3.63) is 58.1 Å². The average molecular weight is 275 g/mol. The molecule has 0 aromatic heterocycles. The monoisotopic (exact) mass is 274 g/mol. The number of esters is 1. The molecular weight excluding hydrogens is 260 g/mol. The van der Waals surface area contributed by atoms with Crippen LogP contribution >= 0.6 is 11.6 Å². The zero-order valence-corrected chi connectivity index (χ0v) is 11.9. The van der Waals surface area contributed by atoms with Gasteiger partial charge in [0.25, 0.3) is 0 Å². The van der Waals surface area contributed by atoms with Gasteiger partial charge in [-0.05, 0) is 48.7 Å². The molecule has 0 aliphatic rings. The molecule has 0 spiro atoms. The van der Waals surface area contributed by atoms with Crippen molar-refractivity contribution in [3.8, 4) is 11.1 Å². The Balaban J connectivity index is 2.56. The highest BCUT2D eigenvalue weighted by Gasteiger charge is 2.10. The Morgan fingerprint density at radius 2 is 1.84 bits per heavy atom. The molecule has 0 amide bonds. The van der Waals surface area contributed by atoms with Crippen molar-refractivity contribution in [3.63, 3.8) is 0 Å². The lowest BCUT2D eigenvalue weighted by molar-refractivity contribution is 0.0601. The van der Waals surface area contributed by atoms with Crippen LogP contribution in [0.4, 0.5) is 0 Å². The third kappa shape index (κ3) is 2.96. The molecule has 0 saturated carbocycles. The summed E-state index contributed by atoms with van der Waals surface area (Å²) < 4.78 is 4.73. The summed E-state index contributed by atoms with van der Waals surface area (Å²) in [4.78, 5) is 11.6. The van der Waals surface area contributed by atoms with Crippen LogP contribution in [0.5, 0.6) is 0 Å². The van der Waals surface area contributed by atoms with Crippen LogP contribution in [0, 0.1) is 13.8 Å². The molecule has 98 valence electrons. The topological polar surface area (TPSA) is 26.3 Å². The van der Waals surface area contributed by atoms with Crippen LogP contribution in [0.1, 0.15) is 21.5 Å².